The zero-order chi connectivity index (χ0) is 12.0. The molecule has 1 amide bonds. The van der Waals surface area contributed by atoms with E-state index in [-0.39, 0.29) is 11.9 Å². The highest BCUT2D eigenvalue weighted by Crippen LogP contribution is 2.00. The number of hydrogen-bond acceptors (Lipinski definition) is 4. The topological polar surface area (TPSA) is 67.2 Å². The summed E-state index contributed by atoms with van der Waals surface area (Å²) >= 11 is 0. The van der Waals surface area contributed by atoms with Crippen LogP contribution < -0.4 is 10.6 Å². The van der Waals surface area contributed by atoms with E-state index >= 15 is 0 Å². The third-order valence-electron chi connectivity index (χ3n) is 1.95. The van der Waals surface area contributed by atoms with Gasteiger partial charge in [0.25, 0.3) is 0 Å². The molecule has 0 aromatic carbocycles. The van der Waals surface area contributed by atoms with Gasteiger partial charge < -0.3 is 15.2 Å². The number of aromatic nitrogens is 1. The monoisotopic (exact) mass is 225 g/mol. The predicted molar refractivity (Wildman–Crippen MR) is 60.8 cm³/mol. The summed E-state index contributed by atoms with van der Waals surface area (Å²) in [5, 5.41) is 9.73. The van der Waals surface area contributed by atoms with Crippen molar-refractivity contribution in [2.45, 2.75) is 39.8 Å². The van der Waals surface area contributed by atoms with Crippen LogP contribution in [0.25, 0.3) is 0 Å². The zero-order valence-corrected chi connectivity index (χ0v) is 10.0. The van der Waals surface area contributed by atoms with E-state index < -0.39 is 0 Å². The Labute approximate surface area is 95.6 Å². The first kappa shape index (κ1) is 12.7. The van der Waals surface area contributed by atoms with Gasteiger partial charge in [0.05, 0.1) is 12.2 Å². The highest BCUT2D eigenvalue weighted by atomic mass is 16.5. The fraction of sp³-hybridized carbons (Fsp3) is 0.636. The van der Waals surface area contributed by atoms with Crippen molar-refractivity contribution in [1.29, 1.82) is 0 Å². The summed E-state index contributed by atoms with van der Waals surface area (Å²) in [6, 6.07) is 2.07. The van der Waals surface area contributed by atoms with Crippen LogP contribution in [-0.4, -0.2) is 23.7 Å². The van der Waals surface area contributed by atoms with Gasteiger partial charge in [0.1, 0.15) is 0 Å². The minimum absolute atomic E-state index is 0.0660. The van der Waals surface area contributed by atoms with Crippen molar-refractivity contribution in [3.05, 3.63) is 17.5 Å². The van der Waals surface area contributed by atoms with Gasteiger partial charge in [-0.15, -0.1) is 0 Å². The second-order valence-corrected chi connectivity index (χ2v) is 4.08. The van der Waals surface area contributed by atoms with Gasteiger partial charge in [-0.3, -0.25) is 4.79 Å². The van der Waals surface area contributed by atoms with Crippen molar-refractivity contribution < 1.29 is 9.32 Å². The van der Waals surface area contributed by atoms with Gasteiger partial charge in [-0.25, -0.2) is 0 Å². The molecule has 0 aliphatic heterocycles. The van der Waals surface area contributed by atoms with Crippen molar-refractivity contribution in [3.8, 4) is 0 Å². The smallest absolute Gasteiger partial charge is 0.221 e. The molecule has 16 heavy (non-hydrogen) atoms. The van der Waals surface area contributed by atoms with E-state index in [0.717, 1.165) is 11.5 Å². The Balaban J connectivity index is 2.10. The Kier molecular flexibility index (Phi) is 4.98. The molecule has 1 aromatic rings. The lowest BCUT2D eigenvalue weighted by molar-refractivity contribution is -0.121. The highest BCUT2D eigenvalue weighted by Gasteiger charge is 2.03. The summed E-state index contributed by atoms with van der Waals surface area (Å²) in [6.45, 7) is 7.02. The van der Waals surface area contributed by atoms with Crippen LogP contribution in [0.4, 0.5) is 0 Å². The lowest BCUT2D eigenvalue weighted by Crippen LogP contribution is -2.32. The second kappa shape index (κ2) is 6.27. The summed E-state index contributed by atoms with van der Waals surface area (Å²) in [5.41, 5.74) is 0.870. The van der Waals surface area contributed by atoms with E-state index in [1.807, 2.05) is 26.8 Å². The Hall–Kier alpha value is -1.36. The fourth-order valence-electron chi connectivity index (χ4n) is 1.31. The molecule has 1 aromatic heterocycles. The van der Waals surface area contributed by atoms with E-state index in [0.29, 0.717) is 19.5 Å². The first-order valence-electron chi connectivity index (χ1n) is 5.50. The van der Waals surface area contributed by atoms with Crippen LogP contribution in [-0.2, 0) is 11.3 Å². The molecule has 0 bridgehead atoms. The standard InChI is InChI=1S/C11H19N3O2/c1-8(2)13-11(15)4-5-12-7-10-6-9(3)14-16-10/h6,8,12H,4-5,7H2,1-3H3,(H,13,15). The van der Waals surface area contributed by atoms with Gasteiger partial charge in [-0.1, -0.05) is 5.16 Å². The maximum absolute atomic E-state index is 11.3. The molecule has 1 rings (SSSR count). The van der Waals surface area contributed by atoms with Crippen molar-refractivity contribution in [2.75, 3.05) is 6.54 Å². The molecule has 90 valence electrons. The summed E-state index contributed by atoms with van der Waals surface area (Å²) < 4.78 is 5.02. The molecule has 1 heterocycles. The molecule has 0 atom stereocenters. The number of hydrogen-bond donors (Lipinski definition) is 2. The number of amides is 1. The van der Waals surface area contributed by atoms with Crippen LogP contribution in [0.3, 0.4) is 0 Å². The van der Waals surface area contributed by atoms with E-state index in [1.54, 1.807) is 0 Å². The first-order chi connectivity index (χ1) is 7.58. The zero-order valence-electron chi connectivity index (χ0n) is 10.0. The van der Waals surface area contributed by atoms with Crippen molar-refractivity contribution >= 4 is 5.91 Å². The molecule has 0 aliphatic carbocycles. The number of aryl methyl sites for hydroxylation is 1. The van der Waals surface area contributed by atoms with Gasteiger partial charge in [0.15, 0.2) is 5.76 Å². The van der Waals surface area contributed by atoms with E-state index in [1.165, 1.54) is 0 Å². The highest BCUT2D eigenvalue weighted by molar-refractivity contribution is 5.76. The largest absolute Gasteiger partial charge is 0.360 e. The molecule has 5 nitrogen and oxygen atoms in total. The maximum atomic E-state index is 11.3. The lowest BCUT2D eigenvalue weighted by Gasteiger charge is -2.07. The number of carbonyl (C=O) groups excluding carboxylic acids is 1. The molecule has 0 spiro atoms. The summed E-state index contributed by atoms with van der Waals surface area (Å²) in [7, 11) is 0. The average Bonchev–Trinajstić information content (AvgIpc) is 2.58. The molecule has 0 aliphatic rings. The van der Waals surface area contributed by atoms with Gasteiger partial charge >= 0.3 is 0 Å². The predicted octanol–water partition coefficient (Wildman–Crippen LogP) is 0.987. The molecule has 0 fully saturated rings. The molecule has 0 radical (unpaired) electrons. The SMILES string of the molecule is Cc1cc(CNCCC(=O)NC(C)C)on1. The van der Waals surface area contributed by atoms with Crippen molar-refractivity contribution in [3.63, 3.8) is 0 Å². The lowest BCUT2D eigenvalue weighted by atomic mass is 10.3. The van der Waals surface area contributed by atoms with Crippen molar-refractivity contribution in [1.82, 2.24) is 15.8 Å². The van der Waals surface area contributed by atoms with E-state index in [9.17, 15) is 4.79 Å². The summed E-state index contributed by atoms with van der Waals surface area (Å²) in [4.78, 5) is 11.3. The molecule has 2 N–H and O–H groups in total. The Morgan fingerprint density at radius 2 is 2.31 bits per heavy atom. The number of rotatable bonds is 6. The number of nitrogens with zero attached hydrogens (tertiary/aromatic N) is 1. The Morgan fingerprint density at radius 3 is 2.88 bits per heavy atom. The molecule has 0 saturated carbocycles. The molecule has 5 heteroatoms. The summed E-state index contributed by atoms with van der Waals surface area (Å²) in [6.07, 6.45) is 0.477. The van der Waals surface area contributed by atoms with E-state index in [4.69, 9.17) is 4.52 Å². The van der Waals surface area contributed by atoms with Crippen LogP contribution in [0.5, 0.6) is 0 Å². The normalized spacial score (nSPS) is 10.8. The van der Waals surface area contributed by atoms with Crippen molar-refractivity contribution in [2.24, 2.45) is 0 Å². The average molecular weight is 225 g/mol. The molecular formula is C11H19N3O2. The molecule has 0 unspecified atom stereocenters. The Morgan fingerprint density at radius 1 is 1.56 bits per heavy atom. The first-order valence-corrected chi connectivity index (χ1v) is 5.50. The quantitative estimate of drug-likeness (QED) is 0.708. The number of carbonyl (C=O) groups is 1. The minimum Gasteiger partial charge on any atom is -0.360 e. The third kappa shape index (κ3) is 4.93. The maximum Gasteiger partial charge on any atom is 0.221 e. The molecular weight excluding hydrogens is 206 g/mol. The van der Waals surface area contributed by atoms with Crippen LogP contribution >= 0.6 is 0 Å². The Bertz CT molecular complexity index is 334. The van der Waals surface area contributed by atoms with Crippen LogP contribution in [0, 0.1) is 6.92 Å². The van der Waals surface area contributed by atoms with Crippen LogP contribution in [0.15, 0.2) is 10.6 Å². The van der Waals surface area contributed by atoms with E-state index in [2.05, 4.69) is 15.8 Å². The van der Waals surface area contributed by atoms with Gasteiger partial charge in [0, 0.05) is 25.1 Å². The van der Waals surface area contributed by atoms with Crippen LogP contribution in [0.2, 0.25) is 0 Å². The van der Waals surface area contributed by atoms with Gasteiger partial charge in [0.2, 0.25) is 5.91 Å². The number of nitrogens with one attached hydrogen (secondary N) is 2. The summed E-state index contributed by atoms with van der Waals surface area (Å²) in [5.74, 6) is 0.859. The van der Waals surface area contributed by atoms with Crippen LogP contribution in [0.1, 0.15) is 31.7 Å². The van der Waals surface area contributed by atoms with Gasteiger partial charge in [-0.2, -0.15) is 0 Å². The molecule has 0 saturated heterocycles. The van der Waals surface area contributed by atoms with Gasteiger partial charge in [-0.05, 0) is 20.8 Å². The fourth-order valence-corrected chi connectivity index (χ4v) is 1.31. The minimum atomic E-state index is 0.0660. The second-order valence-electron chi connectivity index (χ2n) is 4.08. The third-order valence-corrected chi connectivity index (χ3v) is 1.95.